The molecule has 0 atom stereocenters. The van der Waals surface area contributed by atoms with Crippen LogP contribution in [0.1, 0.15) is 44.7 Å². The molecule has 1 aromatic carbocycles. The molecule has 2 aromatic rings. The highest BCUT2D eigenvalue weighted by Crippen LogP contribution is 2.39. The summed E-state index contributed by atoms with van der Waals surface area (Å²) in [5.74, 6) is 0.339. The molecular weight excluding hydrogens is 458 g/mol. The summed E-state index contributed by atoms with van der Waals surface area (Å²) >= 11 is 1.42. The molecule has 0 bridgehead atoms. The number of imide groups is 1. The Morgan fingerprint density at radius 1 is 1.18 bits per heavy atom. The van der Waals surface area contributed by atoms with E-state index in [1.54, 1.807) is 14.2 Å². The fraction of sp³-hybridized carbons (Fsp3) is 0.500. The number of amides is 3. The number of carbonyl (C=O) groups excluding carboxylic acids is 3. The summed E-state index contributed by atoms with van der Waals surface area (Å²) in [6, 6.07) is 5.13. The average Bonchev–Trinajstić information content (AvgIpc) is 3.39. The molecule has 1 saturated carbocycles. The van der Waals surface area contributed by atoms with Gasteiger partial charge in [-0.15, -0.1) is 11.3 Å². The molecule has 2 fully saturated rings. The number of nitrogens with zero attached hydrogens (tertiary/aromatic N) is 3. The summed E-state index contributed by atoms with van der Waals surface area (Å²) in [7, 11) is 3.22. The minimum absolute atomic E-state index is 0.0410. The molecule has 10 heteroatoms. The molecule has 34 heavy (non-hydrogen) atoms. The molecule has 9 nitrogen and oxygen atoms in total. The van der Waals surface area contributed by atoms with Crippen molar-refractivity contribution in [1.29, 1.82) is 0 Å². The first kappa shape index (κ1) is 24.0. The number of aromatic nitrogens is 1. The van der Waals surface area contributed by atoms with Crippen LogP contribution in [0.25, 0.3) is 10.6 Å². The van der Waals surface area contributed by atoms with Crippen molar-refractivity contribution in [3.05, 3.63) is 29.3 Å². The van der Waals surface area contributed by atoms with Crippen molar-refractivity contribution in [1.82, 2.24) is 14.8 Å². The van der Waals surface area contributed by atoms with Gasteiger partial charge >= 0.3 is 12.0 Å². The van der Waals surface area contributed by atoms with Crippen LogP contribution >= 0.6 is 11.3 Å². The second-order valence-electron chi connectivity index (χ2n) is 8.43. The van der Waals surface area contributed by atoms with Crippen LogP contribution in [0.4, 0.5) is 4.79 Å². The van der Waals surface area contributed by atoms with Gasteiger partial charge in [0.1, 0.15) is 23.7 Å². The molecule has 1 saturated heterocycles. The summed E-state index contributed by atoms with van der Waals surface area (Å²) in [5.41, 5.74) is 0.635. The van der Waals surface area contributed by atoms with Gasteiger partial charge in [-0.2, -0.15) is 0 Å². The van der Waals surface area contributed by atoms with Crippen molar-refractivity contribution >= 4 is 29.2 Å². The van der Waals surface area contributed by atoms with Gasteiger partial charge in [-0.25, -0.2) is 9.78 Å². The maximum atomic E-state index is 13.0. The normalized spacial score (nSPS) is 17.4. The minimum Gasteiger partial charge on any atom is -0.493 e. The van der Waals surface area contributed by atoms with E-state index < -0.39 is 24.1 Å². The second kappa shape index (κ2) is 10.0. The molecule has 0 radical (unpaired) electrons. The average molecular weight is 488 g/mol. The first-order valence-corrected chi connectivity index (χ1v) is 12.3. The van der Waals surface area contributed by atoms with E-state index in [9.17, 15) is 14.4 Å². The predicted molar refractivity (Wildman–Crippen MR) is 126 cm³/mol. The molecule has 1 aromatic heterocycles. The topological polar surface area (TPSA) is 98.3 Å². The summed E-state index contributed by atoms with van der Waals surface area (Å²) < 4.78 is 16.3. The van der Waals surface area contributed by atoms with Gasteiger partial charge < -0.3 is 19.1 Å². The lowest BCUT2D eigenvalue weighted by Gasteiger charge is -2.35. The SMILES string of the molecule is CCOc1ccc(-c2nc(COC(=O)CN3C(=O)N(C)C4(CCCCC4)C3=O)cs2)cc1OC. The van der Waals surface area contributed by atoms with Gasteiger partial charge in [-0.05, 0) is 38.0 Å². The largest absolute Gasteiger partial charge is 0.493 e. The zero-order valence-electron chi connectivity index (χ0n) is 19.7. The third-order valence-corrected chi connectivity index (χ3v) is 7.35. The van der Waals surface area contributed by atoms with Crippen LogP contribution in [-0.4, -0.2) is 65.5 Å². The molecule has 0 unspecified atom stereocenters. The lowest BCUT2D eigenvalue weighted by molar-refractivity contribution is -0.149. The molecular formula is C24H29N3O6S. The van der Waals surface area contributed by atoms with E-state index in [2.05, 4.69) is 4.98 Å². The molecule has 3 amide bonds. The zero-order valence-corrected chi connectivity index (χ0v) is 20.5. The van der Waals surface area contributed by atoms with Crippen molar-refractivity contribution in [3.8, 4) is 22.1 Å². The van der Waals surface area contributed by atoms with E-state index in [1.165, 1.54) is 16.2 Å². The minimum atomic E-state index is -0.807. The number of rotatable bonds is 8. The molecule has 0 N–H and O–H groups in total. The highest BCUT2D eigenvalue weighted by molar-refractivity contribution is 7.13. The molecule has 4 rings (SSSR count). The fourth-order valence-corrected chi connectivity index (χ4v) is 5.38. The third-order valence-electron chi connectivity index (χ3n) is 6.41. The number of hydrogen-bond acceptors (Lipinski definition) is 8. The van der Waals surface area contributed by atoms with E-state index >= 15 is 0 Å². The van der Waals surface area contributed by atoms with Crippen molar-refractivity contribution in [2.24, 2.45) is 0 Å². The quantitative estimate of drug-likeness (QED) is 0.412. The maximum absolute atomic E-state index is 13.0. The number of carbonyl (C=O) groups is 3. The first-order valence-electron chi connectivity index (χ1n) is 11.4. The third kappa shape index (κ3) is 4.46. The van der Waals surface area contributed by atoms with Crippen molar-refractivity contribution in [2.45, 2.75) is 51.2 Å². The van der Waals surface area contributed by atoms with E-state index in [0.29, 0.717) is 36.6 Å². The number of hydrogen-bond donors (Lipinski definition) is 0. The number of benzene rings is 1. The lowest BCUT2D eigenvalue weighted by Crippen LogP contribution is -2.49. The van der Waals surface area contributed by atoms with Gasteiger partial charge in [0.15, 0.2) is 11.5 Å². The van der Waals surface area contributed by atoms with Crippen LogP contribution in [0.15, 0.2) is 23.6 Å². The van der Waals surface area contributed by atoms with Crippen LogP contribution in [0.5, 0.6) is 11.5 Å². The Kier molecular flexibility index (Phi) is 7.06. The van der Waals surface area contributed by atoms with E-state index in [4.69, 9.17) is 14.2 Å². The van der Waals surface area contributed by atoms with E-state index in [-0.39, 0.29) is 12.5 Å². The highest BCUT2D eigenvalue weighted by atomic mass is 32.1. The van der Waals surface area contributed by atoms with Crippen molar-refractivity contribution in [2.75, 3.05) is 27.3 Å². The van der Waals surface area contributed by atoms with Gasteiger partial charge in [0.05, 0.1) is 19.4 Å². The van der Waals surface area contributed by atoms with Gasteiger partial charge in [0.25, 0.3) is 5.91 Å². The number of likely N-dealkylation sites (N-methyl/N-ethyl adjacent to an activating group) is 1. The smallest absolute Gasteiger partial charge is 0.327 e. The monoisotopic (exact) mass is 487 g/mol. The molecule has 1 aliphatic heterocycles. The van der Waals surface area contributed by atoms with Crippen LogP contribution in [-0.2, 0) is 20.9 Å². The number of urea groups is 1. The van der Waals surface area contributed by atoms with Crippen LogP contribution < -0.4 is 9.47 Å². The van der Waals surface area contributed by atoms with Crippen LogP contribution in [0, 0.1) is 0 Å². The number of ether oxygens (including phenoxy) is 3. The van der Waals surface area contributed by atoms with E-state index in [0.717, 1.165) is 34.7 Å². The van der Waals surface area contributed by atoms with Crippen molar-refractivity contribution in [3.63, 3.8) is 0 Å². The Hall–Kier alpha value is -3.14. The fourth-order valence-electron chi connectivity index (χ4n) is 4.58. The standard InChI is InChI=1S/C24H29N3O6S/c1-4-32-18-9-8-16(12-19(18)31-3)21-25-17(15-34-21)14-33-20(28)13-27-22(29)24(26(2)23(27)30)10-6-5-7-11-24/h8-9,12,15H,4-7,10-11,13-14H2,1-3H3. The zero-order chi connectivity index (χ0) is 24.3. The van der Waals surface area contributed by atoms with E-state index in [1.807, 2.05) is 30.5 Å². The van der Waals surface area contributed by atoms with Gasteiger partial charge in [-0.1, -0.05) is 19.3 Å². The second-order valence-corrected chi connectivity index (χ2v) is 9.29. The molecule has 182 valence electrons. The van der Waals surface area contributed by atoms with Gasteiger partial charge in [0, 0.05) is 18.0 Å². The van der Waals surface area contributed by atoms with Crippen molar-refractivity contribution < 1.29 is 28.6 Å². The first-order chi connectivity index (χ1) is 16.4. The molecule has 2 aliphatic rings. The molecule has 1 spiro atoms. The number of esters is 1. The summed E-state index contributed by atoms with van der Waals surface area (Å²) in [6.07, 6.45) is 4.12. The van der Waals surface area contributed by atoms with Crippen LogP contribution in [0.2, 0.25) is 0 Å². The van der Waals surface area contributed by atoms with Gasteiger partial charge in [-0.3, -0.25) is 14.5 Å². The predicted octanol–water partition coefficient (Wildman–Crippen LogP) is 3.86. The van der Waals surface area contributed by atoms with Crippen LogP contribution in [0.3, 0.4) is 0 Å². The Bertz CT molecular complexity index is 1080. The summed E-state index contributed by atoms with van der Waals surface area (Å²) in [4.78, 5) is 45.2. The Labute approximate surface area is 202 Å². The lowest BCUT2D eigenvalue weighted by atomic mass is 9.81. The highest BCUT2D eigenvalue weighted by Gasteiger charge is 2.55. The number of thiazole rings is 1. The Morgan fingerprint density at radius 3 is 2.65 bits per heavy atom. The summed E-state index contributed by atoms with van der Waals surface area (Å²) in [5, 5.41) is 2.56. The van der Waals surface area contributed by atoms with Gasteiger partial charge in [0.2, 0.25) is 0 Å². The summed E-state index contributed by atoms with van der Waals surface area (Å²) in [6.45, 7) is 2.01. The maximum Gasteiger partial charge on any atom is 0.327 e. The molecule has 2 heterocycles. The number of methoxy groups -OCH3 is 1. The Balaban J connectivity index is 1.36. The Morgan fingerprint density at radius 2 is 1.94 bits per heavy atom. The molecule has 1 aliphatic carbocycles.